The molecule has 0 amide bonds. The van der Waals surface area contributed by atoms with Crippen LogP contribution in [0.3, 0.4) is 0 Å². The van der Waals surface area contributed by atoms with Crippen LogP contribution in [-0.2, 0) is 16.4 Å². The minimum Gasteiger partial charge on any atom is -0.322 e. The fourth-order valence-corrected chi connectivity index (χ4v) is 3.25. The molecule has 5 heteroatoms. The summed E-state index contributed by atoms with van der Waals surface area (Å²) in [7, 11) is 1.49. The highest BCUT2D eigenvalue weighted by atomic mass is 32.1. The third-order valence-electron chi connectivity index (χ3n) is 3.53. The molecule has 0 atom stereocenters. The van der Waals surface area contributed by atoms with E-state index in [1.165, 1.54) is 12.0 Å². The van der Waals surface area contributed by atoms with E-state index >= 15 is 0 Å². The lowest BCUT2D eigenvalue weighted by atomic mass is 10.2. The van der Waals surface area contributed by atoms with Gasteiger partial charge in [0.15, 0.2) is 0 Å². The van der Waals surface area contributed by atoms with E-state index in [0.29, 0.717) is 12.2 Å². The lowest BCUT2D eigenvalue weighted by Gasteiger charge is -2.05. The normalized spacial score (nSPS) is 10.7. The van der Waals surface area contributed by atoms with Gasteiger partial charge in [-0.25, -0.2) is 9.78 Å². The summed E-state index contributed by atoms with van der Waals surface area (Å²) in [4.78, 5) is 11.9. The molecular weight excluding hydrogens is 308 g/mol. The zero-order valence-corrected chi connectivity index (χ0v) is 13.8. The van der Waals surface area contributed by atoms with E-state index in [1.54, 1.807) is 11.3 Å². The van der Waals surface area contributed by atoms with E-state index in [2.05, 4.69) is 30.0 Å². The molecule has 116 valence electrons. The number of aromatic nitrogens is 1. The van der Waals surface area contributed by atoms with Crippen LogP contribution < -0.4 is 0 Å². The van der Waals surface area contributed by atoms with Crippen molar-refractivity contribution in [2.75, 3.05) is 7.11 Å². The highest BCUT2D eigenvalue weighted by Crippen LogP contribution is 2.31. The molecular formula is C18H16N2O2S. The number of nitrogens with zero attached hydrogens (tertiary/aromatic N) is 2. The van der Waals surface area contributed by atoms with Crippen LogP contribution >= 0.6 is 11.3 Å². The number of aryl methyl sites for hydroxylation is 1. The molecule has 2 aromatic heterocycles. The molecule has 4 nitrogen and oxygen atoms in total. The van der Waals surface area contributed by atoms with Gasteiger partial charge in [-0.15, -0.1) is 11.3 Å². The van der Waals surface area contributed by atoms with E-state index in [1.807, 2.05) is 41.2 Å². The zero-order valence-electron chi connectivity index (χ0n) is 12.9. The first-order valence-corrected chi connectivity index (χ1v) is 7.96. The van der Waals surface area contributed by atoms with E-state index < -0.39 is 0 Å². The maximum Gasteiger partial charge on any atom is 0.107 e. The molecule has 23 heavy (non-hydrogen) atoms. The first-order chi connectivity index (χ1) is 11.2. The number of hydrogen-bond donors (Lipinski definition) is 0. The standard InChI is InChI=1S/C18H16N2O2S/c1-13-3-8-18(23-13)17-11-20(10-15(17)9-19)16-6-4-14(5-7-16)12-22-21-2/h3-8,10-11H,12H2,1-2H3. The predicted molar refractivity (Wildman–Crippen MR) is 90.3 cm³/mol. The molecule has 0 aliphatic rings. The average molecular weight is 324 g/mol. The average Bonchev–Trinajstić information content (AvgIpc) is 3.19. The summed E-state index contributed by atoms with van der Waals surface area (Å²) in [5.74, 6) is 0. The van der Waals surface area contributed by atoms with Crippen molar-refractivity contribution < 1.29 is 9.78 Å². The van der Waals surface area contributed by atoms with Gasteiger partial charge in [0.25, 0.3) is 0 Å². The van der Waals surface area contributed by atoms with Crippen LogP contribution in [-0.4, -0.2) is 11.7 Å². The molecule has 0 radical (unpaired) electrons. The Balaban J connectivity index is 1.92. The maximum atomic E-state index is 9.40. The first-order valence-electron chi connectivity index (χ1n) is 7.15. The second-order valence-corrected chi connectivity index (χ2v) is 6.40. The molecule has 0 saturated carbocycles. The summed E-state index contributed by atoms with van der Waals surface area (Å²) in [5, 5.41) is 9.40. The van der Waals surface area contributed by atoms with Gasteiger partial charge < -0.3 is 4.57 Å². The number of rotatable bonds is 5. The van der Waals surface area contributed by atoms with E-state index in [4.69, 9.17) is 4.89 Å². The number of hydrogen-bond acceptors (Lipinski definition) is 4. The Hall–Kier alpha value is -2.39. The van der Waals surface area contributed by atoms with Gasteiger partial charge in [0, 0.05) is 33.4 Å². The van der Waals surface area contributed by atoms with Crippen molar-refractivity contribution in [3.05, 3.63) is 64.8 Å². The number of thiophene rings is 1. The monoisotopic (exact) mass is 324 g/mol. The van der Waals surface area contributed by atoms with Gasteiger partial charge in [-0.05, 0) is 36.8 Å². The Morgan fingerprint density at radius 2 is 1.91 bits per heavy atom. The van der Waals surface area contributed by atoms with Gasteiger partial charge in [-0.3, -0.25) is 0 Å². The predicted octanol–water partition coefficient (Wildman–Crippen LogP) is 4.46. The topological polar surface area (TPSA) is 47.2 Å². The van der Waals surface area contributed by atoms with Crippen molar-refractivity contribution in [1.82, 2.24) is 4.57 Å². The molecule has 0 aliphatic carbocycles. The van der Waals surface area contributed by atoms with Crippen LogP contribution in [0.25, 0.3) is 16.1 Å². The maximum absolute atomic E-state index is 9.40. The van der Waals surface area contributed by atoms with E-state index in [0.717, 1.165) is 21.7 Å². The smallest absolute Gasteiger partial charge is 0.107 e. The van der Waals surface area contributed by atoms with Crippen LogP contribution in [0.5, 0.6) is 0 Å². The molecule has 0 spiro atoms. The van der Waals surface area contributed by atoms with Crippen molar-refractivity contribution in [3.63, 3.8) is 0 Å². The summed E-state index contributed by atoms with van der Waals surface area (Å²) in [5.41, 5.74) is 3.68. The van der Waals surface area contributed by atoms with Gasteiger partial charge in [0.1, 0.15) is 12.7 Å². The number of benzene rings is 1. The van der Waals surface area contributed by atoms with Crippen molar-refractivity contribution in [2.45, 2.75) is 13.5 Å². The first kappa shape index (κ1) is 15.5. The lowest BCUT2D eigenvalue weighted by Crippen LogP contribution is -1.93. The van der Waals surface area contributed by atoms with Gasteiger partial charge in [0.05, 0.1) is 12.7 Å². The molecule has 3 rings (SSSR count). The van der Waals surface area contributed by atoms with Crippen LogP contribution in [0, 0.1) is 18.3 Å². The highest BCUT2D eigenvalue weighted by molar-refractivity contribution is 7.15. The summed E-state index contributed by atoms with van der Waals surface area (Å²) >= 11 is 1.70. The Morgan fingerprint density at radius 1 is 1.13 bits per heavy atom. The zero-order chi connectivity index (χ0) is 16.2. The molecule has 2 heterocycles. The Morgan fingerprint density at radius 3 is 2.52 bits per heavy atom. The molecule has 0 N–H and O–H groups in total. The molecule has 0 unspecified atom stereocenters. The fourth-order valence-electron chi connectivity index (χ4n) is 2.36. The summed E-state index contributed by atoms with van der Waals surface area (Å²) in [6.07, 6.45) is 3.87. The van der Waals surface area contributed by atoms with Crippen molar-refractivity contribution in [3.8, 4) is 22.2 Å². The van der Waals surface area contributed by atoms with Crippen molar-refractivity contribution in [1.29, 1.82) is 5.26 Å². The minimum atomic E-state index is 0.408. The molecule has 1 aromatic carbocycles. The van der Waals surface area contributed by atoms with Gasteiger partial charge in [0.2, 0.25) is 0 Å². The summed E-state index contributed by atoms with van der Waals surface area (Å²) in [6.45, 7) is 2.48. The molecule has 0 bridgehead atoms. The molecule has 0 saturated heterocycles. The van der Waals surface area contributed by atoms with Crippen LogP contribution in [0.2, 0.25) is 0 Å². The SMILES string of the molecule is COOCc1ccc(-n2cc(C#N)c(-c3ccc(C)s3)c2)cc1. The van der Waals surface area contributed by atoms with Gasteiger partial charge in [-0.2, -0.15) is 5.26 Å². The minimum absolute atomic E-state index is 0.408. The van der Waals surface area contributed by atoms with Crippen LogP contribution in [0.15, 0.2) is 48.8 Å². The fraction of sp³-hybridized carbons (Fsp3) is 0.167. The largest absolute Gasteiger partial charge is 0.322 e. The Kier molecular flexibility index (Phi) is 4.58. The number of nitriles is 1. The van der Waals surface area contributed by atoms with E-state index in [-0.39, 0.29) is 0 Å². The van der Waals surface area contributed by atoms with Crippen LogP contribution in [0.1, 0.15) is 16.0 Å². The Bertz CT molecular complexity index is 841. The summed E-state index contributed by atoms with van der Waals surface area (Å²) < 4.78 is 1.98. The highest BCUT2D eigenvalue weighted by Gasteiger charge is 2.11. The lowest BCUT2D eigenvalue weighted by molar-refractivity contribution is -0.282. The second kappa shape index (κ2) is 6.80. The van der Waals surface area contributed by atoms with Gasteiger partial charge >= 0.3 is 0 Å². The molecule has 0 fully saturated rings. The van der Waals surface area contributed by atoms with Crippen molar-refractivity contribution >= 4 is 11.3 Å². The molecule has 0 aliphatic heterocycles. The van der Waals surface area contributed by atoms with Crippen molar-refractivity contribution in [2.24, 2.45) is 0 Å². The quantitative estimate of drug-likeness (QED) is 0.514. The van der Waals surface area contributed by atoms with Crippen LogP contribution in [0.4, 0.5) is 0 Å². The third kappa shape index (κ3) is 3.35. The third-order valence-corrected chi connectivity index (χ3v) is 4.56. The van der Waals surface area contributed by atoms with Gasteiger partial charge in [-0.1, -0.05) is 12.1 Å². The van der Waals surface area contributed by atoms with E-state index in [9.17, 15) is 5.26 Å². The second-order valence-electron chi connectivity index (χ2n) is 5.11. The molecule has 3 aromatic rings. The summed E-state index contributed by atoms with van der Waals surface area (Å²) in [6, 6.07) is 14.4. The Labute approximate surface area is 139 Å².